The number of rotatable bonds is 5. The first-order chi connectivity index (χ1) is 9.15. The summed E-state index contributed by atoms with van der Waals surface area (Å²) in [6, 6.07) is 7.58. The number of benzene rings is 1. The molecule has 0 spiro atoms. The summed E-state index contributed by atoms with van der Waals surface area (Å²) in [6.45, 7) is 0.593. The topological polar surface area (TPSA) is 49.3 Å². The number of nitrogens with one attached hydrogen (secondary N) is 1. The predicted octanol–water partition coefficient (Wildman–Crippen LogP) is 2.55. The van der Waals surface area contributed by atoms with Crippen molar-refractivity contribution in [1.29, 1.82) is 0 Å². The number of carbonyl (C=O) groups excluding carboxylic acids is 1. The van der Waals surface area contributed by atoms with Gasteiger partial charge in [-0.3, -0.25) is 4.79 Å². The Hall–Kier alpha value is -1.06. The van der Waals surface area contributed by atoms with Gasteiger partial charge in [-0.2, -0.15) is 0 Å². The van der Waals surface area contributed by atoms with E-state index < -0.39 is 0 Å². The minimum atomic E-state index is -0.242. The molecule has 0 radical (unpaired) electrons. The van der Waals surface area contributed by atoms with Gasteiger partial charge in [0.05, 0.1) is 6.10 Å². The monoisotopic (exact) mass is 281 g/mol. The van der Waals surface area contributed by atoms with Gasteiger partial charge >= 0.3 is 0 Å². The number of hydrogen-bond acceptors (Lipinski definition) is 2. The lowest BCUT2D eigenvalue weighted by atomic mass is 10.1. The lowest BCUT2D eigenvalue weighted by Crippen LogP contribution is -2.32. The van der Waals surface area contributed by atoms with Crippen LogP contribution in [0.15, 0.2) is 24.3 Å². The molecule has 0 aliphatic heterocycles. The first-order valence-electron chi connectivity index (χ1n) is 6.84. The van der Waals surface area contributed by atoms with Crippen molar-refractivity contribution in [1.82, 2.24) is 5.32 Å². The van der Waals surface area contributed by atoms with Crippen LogP contribution in [0.5, 0.6) is 0 Å². The average Bonchev–Trinajstić information content (AvgIpc) is 2.80. The van der Waals surface area contributed by atoms with Gasteiger partial charge in [-0.1, -0.05) is 30.2 Å². The van der Waals surface area contributed by atoms with Crippen LogP contribution in [0.1, 0.15) is 31.2 Å². The Morgan fingerprint density at radius 3 is 2.95 bits per heavy atom. The van der Waals surface area contributed by atoms with Gasteiger partial charge in [0.2, 0.25) is 5.91 Å². The molecular weight excluding hydrogens is 262 g/mol. The van der Waals surface area contributed by atoms with E-state index in [9.17, 15) is 9.90 Å². The molecule has 1 aliphatic rings. The van der Waals surface area contributed by atoms with Crippen molar-refractivity contribution in [3.8, 4) is 0 Å². The Bertz CT molecular complexity index is 436. The third kappa shape index (κ3) is 4.51. The second-order valence-corrected chi connectivity index (χ2v) is 5.63. The van der Waals surface area contributed by atoms with Crippen LogP contribution < -0.4 is 5.32 Å². The fourth-order valence-electron chi connectivity index (χ4n) is 2.54. The Morgan fingerprint density at radius 2 is 2.26 bits per heavy atom. The largest absolute Gasteiger partial charge is 0.393 e. The summed E-state index contributed by atoms with van der Waals surface area (Å²) in [5.74, 6) is 0.272. The van der Waals surface area contributed by atoms with E-state index >= 15 is 0 Å². The van der Waals surface area contributed by atoms with Crippen LogP contribution in [0.4, 0.5) is 0 Å². The zero-order valence-electron chi connectivity index (χ0n) is 10.9. The molecule has 1 aromatic rings. The van der Waals surface area contributed by atoms with Crippen molar-refractivity contribution in [2.45, 2.75) is 38.2 Å². The highest BCUT2D eigenvalue weighted by Crippen LogP contribution is 2.24. The molecule has 0 bridgehead atoms. The molecular formula is C15H20ClNO2. The Kier molecular flexibility index (Phi) is 5.23. The summed E-state index contributed by atoms with van der Waals surface area (Å²) in [6.07, 6.45) is 3.85. The average molecular weight is 282 g/mol. The third-order valence-electron chi connectivity index (χ3n) is 3.71. The van der Waals surface area contributed by atoms with Crippen LogP contribution in [0, 0.1) is 5.92 Å². The number of hydrogen-bond donors (Lipinski definition) is 2. The molecule has 4 heteroatoms. The highest BCUT2D eigenvalue weighted by atomic mass is 35.5. The molecule has 0 saturated heterocycles. The lowest BCUT2D eigenvalue weighted by molar-refractivity contribution is -0.121. The molecule has 1 aromatic carbocycles. The van der Waals surface area contributed by atoms with Gasteiger partial charge in [0.15, 0.2) is 0 Å². The summed E-state index contributed by atoms with van der Waals surface area (Å²) in [5.41, 5.74) is 1.07. The maximum absolute atomic E-state index is 11.7. The number of aryl methyl sites for hydroxylation is 1. The molecule has 2 N–H and O–H groups in total. The first kappa shape index (κ1) is 14.4. The van der Waals surface area contributed by atoms with Gasteiger partial charge in [-0.05, 0) is 37.0 Å². The third-order valence-corrected chi connectivity index (χ3v) is 3.95. The minimum absolute atomic E-state index is 0.0408. The molecule has 1 aliphatic carbocycles. The quantitative estimate of drug-likeness (QED) is 0.871. The predicted molar refractivity (Wildman–Crippen MR) is 76.1 cm³/mol. The maximum atomic E-state index is 11.7. The molecule has 1 amide bonds. The molecule has 3 nitrogen and oxygen atoms in total. The number of halogens is 1. The van der Waals surface area contributed by atoms with Crippen LogP contribution in [0.2, 0.25) is 5.02 Å². The fourth-order valence-corrected chi connectivity index (χ4v) is 2.75. The molecule has 0 aromatic heterocycles. The van der Waals surface area contributed by atoms with Gasteiger partial charge in [0.1, 0.15) is 0 Å². The van der Waals surface area contributed by atoms with Gasteiger partial charge in [0.25, 0.3) is 0 Å². The van der Waals surface area contributed by atoms with Crippen molar-refractivity contribution < 1.29 is 9.90 Å². The highest BCUT2D eigenvalue weighted by Gasteiger charge is 2.25. The second kappa shape index (κ2) is 6.92. The molecule has 19 heavy (non-hydrogen) atoms. The summed E-state index contributed by atoms with van der Waals surface area (Å²) in [5, 5.41) is 13.3. The number of aliphatic hydroxyl groups excluding tert-OH is 1. The summed E-state index contributed by atoms with van der Waals surface area (Å²) >= 11 is 5.90. The molecule has 1 fully saturated rings. The molecule has 104 valence electrons. The minimum Gasteiger partial charge on any atom is -0.393 e. The van der Waals surface area contributed by atoms with E-state index in [1.165, 1.54) is 0 Å². The summed E-state index contributed by atoms with van der Waals surface area (Å²) < 4.78 is 0. The van der Waals surface area contributed by atoms with E-state index in [1.54, 1.807) is 0 Å². The van der Waals surface area contributed by atoms with Crippen LogP contribution in [-0.2, 0) is 11.2 Å². The summed E-state index contributed by atoms with van der Waals surface area (Å²) in [7, 11) is 0. The van der Waals surface area contributed by atoms with Crippen molar-refractivity contribution in [3.63, 3.8) is 0 Å². The van der Waals surface area contributed by atoms with E-state index in [0.717, 1.165) is 24.8 Å². The van der Waals surface area contributed by atoms with E-state index in [-0.39, 0.29) is 17.9 Å². The van der Waals surface area contributed by atoms with Crippen LogP contribution in [-0.4, -0.2) is 23.7 Å². The second-order valence-electron chi connectivity index (χ2n) is 5.19. The fraction of sp³-hybridized carbons (Fsp3) is 0.533. The Morgan fingerprint density at radius 1 is 1.42 bits per heavy atom. The Balaban J connectivity index is 1.70. The zero-order valence-corrected chi connectivity index (χ0v) is 11.7. The maximum Gasteiger partial charge on any atom is 0.220 e. The highest BCUT2D eigenvalue weighted by molar-refractivity contribution is 6.30. The lowest BCUT2D eigenvalue weighted by Gasteiger charge is -2.15. The molecule has 0 heterocycles. The van der Waals surface area contributed by atoms with E-state index in [2.05, 4.69) is 5.32 Å². The number of amides is 1. The van der Waals surface area contributed by atoms with E-state index in [0.29, 0.717) is 24.4 Å². The molecule has 2 atom stereocenters. The van der Waals surface area contributed by atoms with Gasteiger partial charge in [-0.15, -0.1) is 0 Å². The molecule has 2 rings (SSSR count). The van der Waals surface area contributed by atoms with Crippen LogP contribution in [0.3, 0.4) is 0 Å². The van der Waals surface area contributed by atoms with Crippen LogP contribution in [0.25, 0.3) is 0 Å². The van der Waals surface area contributed by atoms with Crippen molar-refractivity contribution in [2.24, 2.45) is 5.92 Å². The van der Waals surface area contributed by atoms with Crippen LogP contribution >= 0.6 is 11.6 Å². The number of carbonyl (C=O) groups is 1. The molecule has 1 saturated carbocycles. The summed E-state index contributed by atoms with van der Waals surface area (Å²) in [4.78, 5) is 11.7. The first-order valence-corrected chi connectivity index (χ1v) is 7.22. The normalized spacial score (nSPS) is 22.4. The zero-order chi connectivity index (χ0) is 13.7. The van der Waals surface area contributed by atoms with Crippen molar-refractivity contribution in [3.05, 3.63) is 34.9 Å². The SMILES string of the molecule is O=C(CCc1cccc(Cl)c1)NC[C@H]1CCC[C@H]1O. The standard InChI is InChI=1S/C15H20ClNO2/c16-13-5-1-3-11(9-13)7-8-15(19)17-10-12-4-2-6-14(12)18/h1,3,5,9,12,14,18H,2,4,6-8,10H2,(H,17,19)/t12-,14-/m1/s1. The van der Waals surface area contributed by atoms with E-state index in [1.807, 2.05) is 24.3 Å². The smallest absolute Gasteiger partial charge is 0.220 e. The van der Waals surface area contributed by atoms with Gasteiger partial charge < -0.3 is 10.4 Å². The van der Waals surface area contributed by atoms with Crippen molar-refractivity contribution in [2.75, 3.05) is 6.54 Å². The van der Waals surface area contributed by atoms with Gasteiger partial charge in [0, 0.05) is 23.9 Å². The van der Waals surface area contributed by atoms with Gasteiger partial charge in [-0.25, -0.2) is 0 Å². The number of aliphatic hydroxyl groups is 1. The van der Waals surface area contributed by atoms with Crippen molar-refractivity contribution >= 4 is 17.5 Å². The van der Waals surface area contributed by atoms with E-state index in [4.69, 9.17) is 11.6 Å². The molecule has 0 unspecified atom stereocenters. The Labute approximate surface area is 119 Å².